The van der Waals surface area contributed by atoms with Crippen molar-refractivity contribution in [2.45, 2.75) is 56.8 Å². The van der Waals surface area contributed by atoms with Gasteiger partial charge in [-0.1, -0.05) is 0 Å². The van der Waals surface area contributed by atoms with Gasteiger partial charge in [-0.05, 0) is 45.2 Å². The smallest absolute Gasteiger partial charge is 0.339 e. The Kier molecular flexibility index (Phi) is 3.57. The quantitative estimate of drug-likeness (QED) is 0.660. The van der Waals surface area contributed by atoms with E-state index in [-0.39, 0.29) is 23.0 Å². The van der Waals surface area contributed by atoms with E-state index >= 15 is 0 Å². The highest BCUT2D eigenvalue weighted by Crippen LogP contribution is 2.49. The van der Waals surface area contributed by atoms with Gasteiger partial charge in [-0.15, -0.1) is 0 Å². The highest BCUT2D eigenvalue weighted by atomic mass is 16.5. The molecular formula is C17H22O6. The molecule has 1 fully saturated rings. The second-order valence-electron chi connectivity index (χ2n) is 7.18. The third-order valence-corrected chi connectivity index (χ3v) is 5.42. The summed E-state index contributed by atoms with van der Waals surface area (Å²) in [7, 11) is 0. The minimum absolute atomic E-state index is 0.0251. The molecule has 1 aliphatic heterocycles. The molecular weight excluding hydrogens is 300 g/mol. The van der Waals surface area contributed by atoms with E-state index in [2.05, 4.69) is 0 Å². The van der Waals surface area contributed by atoms with Gasteiger partial charge in [-0.2, -0.15) is 0 Å². The fraction of sp³-hybridized carbons (Fsp3) is 0.588. The lowest BCUT2D eigenvalue weighted by Crippen LogP contribution is -2.51. The van der Waals surface area contributed by atoms with Gasteiger partial charge in [0, 0.05) is 17.9 Å². The van der Waals surface area contributed by atoms with E-state index in [4.69, 9.17) is 4.74 Å². The van der Waals surface area contributed by atoms with Crippen LogP contribution < -0.4 is 4.74 Å². The van der Waals surface area contributed by atoms with Crippen LogP contribution in [0.3, 0.4) is 0 Å². The average molecular weight is 322 g/mol. The number of aliphatic hydroxyl groups excluding tert-OH is 1. The number of aliphatic hydroxyl groups is 2. The molecule has 2 aliphatic rings. The summed E-state index contributed by atoms with van der Waals surface area (Å²) >= 11 is 0. The number of benzene rings is 1. The molecule has 0 radical (unpaired) electrons. The van der Waals surface area contributed by atoms with Crippen LogP contribution in [0, 0.1) is 5.92 Å². The molecule has 3 rings (SSSR count). The number of carboxylic acid groups (broad SMARTS) is 1. The van der Waals surface area contributed by atoms with Crippen LogP contribution in [0.15, 0.2) is 12.1 Å². The SMILES string of the molecule is C[C@]1(O)CC[C@@H]([C@]2(C)Cc3c(O)ccc(C(=O)O)c3O2)C[C@H]1O. The van der Waals surface area contributed by atoms with E-state index in [1.54, 1.807) is 6.92 Å². The van der Waals surface area contributed by atoms with E-state index in [1.165, 1.54) is 12.1 Å². The van der Waals surface area contributed by atoms with Crippen LogP contribution in [-0.2, 0) is 6.42 Å². The van der Waals surface area contributed by atoms with Gasteiger partial charge in [0.25, 0.3) is 0 Å². The van der Waals surface area contributed by atoms with E-state index in [1.807, 2.05) is 6.92 Å². The Labute approximate surface area is 134 Å². The van der Waals surface area contributed by atoms with Crippen molar-refractivity contribution < 1.29 is 30.0 Å². The standard InChI is InChI=1S/C17H22O6/c1-16(22)6-5-9(7-13(16)19)17(2)8-11-12(18)4-3-10(15(20)21)14(11)23-17/h3-4,9,13,18-19,22H,5-8H2,1-2H3,(H,20,21)/t9-,13-,16+,17+/m1/s1. The minimum atomic E-state index is -1.10. The Morgan fingerprint density at radius 2 is 2.04 bits per heavy atom. The predicted octanol–water partition coefficient (Wildman–Crippen LogP) is 1.70. The molecule has 126 valence electrons. The van der Waals surface area contributed by atoms with Crippen molar-refractivity contribution in [1.29, 1.82) is 0 Å². The zero-order valence-corrected chi connectivity index (χ0v) is 13.2. The van der Waals surface area contributed by atoms with Crippen LogP contribution in [0.5, 0.6) is 11.5 Å². The van der Waals surface area contributed by atoms with Crippen LogP contribution in [0.25, 0.3) is 0 Å². The van der Waals surface area contributed by atoms with Crippen molar-refractivity contribution in [3.05, 3.63) is 23.3 Å². The summed E-state index contributed by atoms with van der Waals surface area (Å²) in [5, 5.41) is 39.6. The van der Waals surface area contributed by atoms with Crippen LogP contribution >= 0.6 is 0 Å². The molecule has 0 saturated heterocycles. The van der Waals surface area contributed by atoms with Gasteiger partial charge in [-0.25, -0.2) is 4.79 Å². The molecule has 6 nitrogen and oxygen atoms in total. The summed E-state index contributed by atoms with van der Waals surface area (Å²) in [6, 6.07) is 2.71. The number of fused-ring (bicyclic) bond motifs is 1. The van der Waals surface area contributed by atoms with Crippen LogP contribution in [0.4, 0.5) is 0 Å². The molecule has 1 aromatic carbocycles. The van der Waals surface area contributed by atoms with Gasteiger partial charge in [0.05, 0.1) is 11.7 Å². The van der Waals surface area contributed by atoms with E-state index in [9.17, 15) is 25.2 Å². The lowest BCUT2D eigenvalue weighted by Gasteiger charge is -2.43. The molecule has 0 aromatic heterocycles. The highest BCUT2D eigenvalue weighted by Gasteiger charge is 2.49. The Bertz CT molecular complexity index is 653. The summed E-state index contributed by atoms with van der Waals surface area (Å²) < 4.78 is 5.99. The highest BCUT2D eigenvalue weighted by molar-refractivity contribution is 5.92. The lowest BCUT2D eigenvalue weighted by molar-refractivity contribution is -0.121. The van der Waals surface area contributed by atoms with Crippen molar-refractivity contribution in [3.63, 3.8) is 0 Å². The number of rotatable bonds is 2. The molecule has 1 heterocycles. The van der Waals surface area contributed by atoms with Gasteiger partial charge in [-0.3, -0.25) is 0 Å². The molecule has 1 aliphatic carbocycles. The van der Waals surface area contributed by atoms with Crippen LogP contribution in [0.1, 0.15) is 49.0 Å². The fourth-order valence-electron chi connectivity index (χ4n) is 3.75. The van der Waals surface area contributed by atoms with Crippen molar-refractivity contribution in [3.8, 4) is 11.5 Å². The maximum absolute atomic E-state index is 11.4. The lowest BCUT2D eigenvalue weighted by atomic mass is 9.70. The molecule has 6 heteroatoms. The zero-order valence-electron chi connectivity index (χ0n) is 13.2. The second-order valence-corrected chi connectivity index (χ2v) is 7.18. The predicted molar refractivity (Wildman–Crippen MR) is 81.8 cm³/mol. The summed E-state index contributed by atoms with van der Waals surface area (Å²) in [6.45, 7) is 3.49. The van der Waals surface area contributed by atoms with Crippen molar-refractivity contribution >= 4 is 5.97 Å². The number of carbonyl (C=O) groups is 1. The van der Waals surface area contributed by atoms with Crippen LogP contribution in [-0.4, -0.2) is 43.7 Å². The second kappa shape index (κ2) is 5.11. The van der Waals surface area contributed by atoms with Crippen molar-refractivity contribution in [2.75, 3.05) is 0 Å². The number of carboxylic acids is 1. The average Bonchev–Trinajstić information content (AvgIpc) is 2.81. The minimum Gasteiger partial charge on any atom is -0.508 e. The molecule has 4 N–H and O–H groups in total. The summed E-state index contributed by atoms with van der Waals surface area (Å²) in [6.07, 6.45) is 1.02. The summed E-state index contributed by atoms with van der Waals surface area (Å²) in [5.41, 5.74) is -1.28. The molecule has 0 bridgehead atoms. The van der Waals surface area contributed by atoms with E-state index < -0.39 is 23.3 Å². The number of ether oxygens (including phenoxy) is 1. The first-order valence-corrected chi connectivity index (χ1v) is 7.81. The third kappa shape index (κ3) is 2.56. The van der Waals surface area contributed by atoms with E-state index in [0.29, 0.717) is 31.2 Å². The molecule has 23 heavy (non-hydrogen) atoms. The maximum Gasteiger partial charge on any atom is 0.339 e. The number of aromatic carboxylic acids is 1. The topological polar surface area (TPSA) is 107 Å². The molecule has 1 aromatic rings. The third-order valence-electron chi connectivity index (χ3n) is 5.42. The zero-order chi connectivity index (χ0) is 17.0. The monoisotopic (exact) mass is 322 g/mol. The molecule has 4 atom stereocenters. The first kappa shape index (κ1) is 16.1. The van der Waals surface area contributed by atoms with Gasteiger partial charge >= 0.3 is 5.97 Å². The maximum atomic E-state index is 11.4. The van der Waals surface area contributed by atoms with E-state index in [0.717, 1.165) is 0 Å². The largest absolute Gasteiger partial charge is 0.508 e. The van der Waals surface area contributed by atoms with Crippen molar-refractivity contribution in [2.24, 2.45) is 5.92 Å². The normalized spacial score (nSPS) is 36.3. The van der Waals surface area contributed by atoms with Gasteiger partial charge in [0.2, 0.25) is 0 Å². The molecule has 0 spiro atoms. The first-order valence-electron chi connectivity index (χ1n) is 7.81. The number of aromatic hydroxyl groups is 1. The Morgan fingerprint density at radius 1 is 1.35 bits per heavy atom. The Morgan fingerprint density at radius 3 is 2.65 bits per heavy atom. The molecule has 0 amide bonds. The fourth-order valence-corrected chi connectivity index (χ4v) is 3.75. The number of phenolic OH excluding ortho intramolecular Hbond substituents is 1. The summed E-state index contributed by atoms with van der Waals surface area (Å²) in [5.74, 6) is -0.896. The van der Waals surface area contributed by atoms with Crippen LogP contribution in [0.2, 0.25) is 0 Å². The van der Waals surface area contributed by atoms with Gasteiger partial charge in [0.1, 0.15) is 22.7 Å². The molecule has 0 unspecified atom stereocenters. The first-order chi connectivity index (χ1) is 10.6. The van der Waals surface area contributed by atoms with Crippen molar-refractivity contribution in [1.82, 2.24) is 0 Å². The summed E-state index contributed by atoms with van der Waals surface area (Å²) in [4.78, 5) is 11.4. The Hall–Kier alpha value is -1.79. The number of phenols is 1. The Balaban J connectivity index is 1.90. The van der Waals surface area contributed by atoms with Gasteiger partial charge in [0.15, 0.2) is 0 Å². The number of hydrogen-bond donors (Lipinski definition) is 4. The van der Waals surface area contributed by atoms with Gasteiger partial charge < -0.3 is 25.2 Å². The number of hydrogen-bond acceptors (Lipinski definition) is 5. The molecule has 1 saturated carbocycles.